The standard InChI is InChI=1S/C10H11BrFN3O2/c11-7-2-1-6(5-8(7)12)10(16)14-4-3-9(13)15-17/h1-2,5,17H,3-4H2,(H2,13,15)(H,14,16). The maximum absolute atomic E-state index is 13.1. The second-order valence-electron chi connectivity index (χ2n) is 3.23. The van der Waals surface area contributed by atoms with Crippen LogP contribution in [0.15, 0.2) is 27.8 Å². The van der Waals surface area contributed by atoms with Crippen molar-refractivity contribution < 1.29 is 14.4 Å². The smallest absolute Gasteiger partial charge is 0.251 e. The van der Waals surface area contributed by atoms with E-state index in [1.54, 1.807) is 0 Å². The van der Waals surface area contributed by atoms with Gasteiger partial charge in [-0.25, -0.2) is 4.39 Å². The van der Waals surface area contributed by atoms with Crippen LogP contribution in [0.2, 0.25) is 0 Å². The van der Waals surface area contributed by atoms with Crippen molar-refractivity contribution >= 4 is 27.7 Å². The van der Waals surface area contributed by atoms with Crippen LogP contribution in [-0.2, 0) is 0 Å². The van der Waals surface area contributed by atoms with Crippen LogP contribution in [0.5, 0.6) is 0 Å². The summed E-state index contributed by atoms with van der Waals surface area (Å²) in [6.45, 7) is 0.215. The van der Waals surface area contributed by atoms with Crippen molar-refractivity contribution in [3.05, 3.63) is 34.1 Å². The zero-order chi connectivity index (χ0) is 12.8. The van der Waals surface area contributed by atoms with E-state index in [-0.39, 0.29) is 24.4 Å². The summed E-state index contributed by atoms with van der Waals surface area (Å²) in [5.41, 5.74) is 5.44. The summed E-state index contributed by atoms with van der Waals surface area (Å²) >= 11 is 2.99. The molecular formula is C10H11BrFN3O2. The molecule has 0 heterocycles. The van der Waals surface area contributed by atoms with Gasteiger partial charge >= 0.3 is 0 Å². The number of amidine groups is 1. The van der Waals surface area contributed by atoms with Gasteiger partial charge in [0.2, 0.25) is 0 Å². The van der Waals surface area contributed by atoms with Gasteiger partial charge in [0, 0.05) is 18.5 Å². The molecule has 0 saturated heterocycles. The molecular weight excluding hydrogens is 293 g/mol. The lowest BCUT2D eigenvalue weighted by Crippen LogP contribution is -2.28. The molecule has 1 rings (SSSR count). The minimum atomic E-state index is -0.505. The summed E-state index contributed by atoms with van der Waals surface area (Å²) in [7, 11) is 0. The average molecular weight is 304 g/mol. The SMILES string of the molecule is NC(CCNC(=O)c1ccc(Br)c(F)c1)=NO. The Bertz CT molecular complexity index is 451. The molecule has 92 valence electrons. The number of amides is 1. The zero-order valence-corrected chi connectivity index (χ0v) is 10.4. The lowest BCUT2D eigenvalue weighted by molar-refractivity contribution is 0.0954. The fourth-order valence-electron chi connectivity index (χ4n) is 1.09. The number of carbonyl (C=O) groups is 1. The average Bonchev–Trinajstić information content (AvgIpc) is 2.32. The lowest BCUT2D eigenvalue weighted by Gasteiger charge is -2.05. The van der Waals surface area contributed by atoms with Crippen molar-refractivity contribution in [3.8, 4) is 0 Å². The minimum Gasteiger partial charge on any atom is -0.409 e. The third-order valence-corrected chi connectivity index (χ3v) is 2.62. The summed E-state index contributed by atoms with van der Waals surface area (Å²) in [4.78, 5) is 11.5. The molecule has 0 bridgehead atoms. The quantitative estimate of drug-likeness (QED) is 0.340. The van der Waals surface area contributed by atoms with Crippen molar-refractivity contribution in [3.63, 3.8) is 0 Å². The van der Waals surface area contributed by atoms with Gasteiger partial charge in [0.25, 0.3) is 5.91 Å². The van der Waals surface area contributed by atoms with Gasteiger partial charge in [-0.3, -0.25) is 4.79 Å². The van der Waals surface area contributed by atoms with Gasteiger partial charge in [-0.2, -0.15) is 0 Å². The number of nitrogens with two attached hydrogens (primary N) is 1. The summed E-state index contributed by atoms with van der Waals surface area (Å²) in [5, 5.41) is 13.6. The Labute approximate surface area is 106 Å². The van der Waals surface area contributed by atoms with Gasteiger partial charge in [-0.05, 0) is 34.1 Å². The molecule has 0 aromatic heterocycles. The van der Waals surface area contributed by atoms with Gasteiger partial charge in [-0.1, -0.05) is 5.16 Å². The van der Waals surface area contributed by atoms with Gasteiger partial charge < -0.3 is 16.3 Å². The number of nitrogens with one attached hydrogen (secondary N) is 1. The van der Waals surface area contributed by atoms with Gasteiger partial charge in [-0.15, -0.1) is 0 Å². The molecule has 1 aromatic rings. The number of oxime groups is 1. The third kappa shape index (κ3) is 4.03. The van der Waals surface area contributed by atoms with Crippen molar-refractivity contribution in [1.82, 2.24) is 5.32 Å². The van der Waals surface area contributed by atoms with E-state index >= 15 is 0 Å². The number of rotatable bonds is 4. The Morgan fingerprint density at radius 3 is 2.88 bits per heavy atom. The maximum atomic E-state index is 13.1. The van der Waals surface area contributed by atoms with Crippen molar-refractivity contribution in [2.75, 3.05) is 6.54 Å². The highest BCUT2D eigenvalue weighted by Crippen LogP contribution is 2.16. The number of hydrogen-bond acceptors (Lipinski definition) is 3. The molecule has 17 heavy (non-hydrogen) atoms. The van der Waals surface area contributed by atoms with Crippen LogP contribution < -0.4 is 11.1 Å². The summed E-state index contributed by atoms with van der Waals surface area (Å²) in [5.74, 6) is -0.900. The highest BCUT2D eigenvalue weighted by atomic mass is 79.9. The van der Waals surface area contributed by atoms with E-state index < -0.39 is 11.7 Å². The van der Waals surface area contributed by atoms with Crippen LogP contribution in [0.1, 0.15) is 16.8 Å². The molecule has 0 aliphatic heterocycles. The van der Waals surface area contributed by atoms with Crippen LogP contribution in [0.3, 0.4) is 0 Å². The van der Waals surface area contributed by atoms with Crippen LogP contribution in [0, 0.1) is 5.82 Å². The molecule has 0 spiro atoms. The number of carbonyl (C=O) groups excluding carboxylic acids is 1. The first-order valence-corrected chi connectivity index (χ1v) is 5.53. The van der Waals surface area contributed by atoms with Crippen LogP contribution in [-0.4, -0.2) is 23.5 Å². The fraction of sp³-hybridized carbons (Fsp3) is 0.200. The Morgan fingerprint density at radius 2 is 2.29 bits per heavy atom. The van der Waals surface area contributed by atoms with Crippen molar-refractivity contribution in [1.29, 1.82) is 0 Å². The zero-order valence-electron chi connectivity index (χ0n) is 8.78. The van der Waals surface area contributed by atoms with Gasteiger partial charge in [0.15, 0.2) is 0 Å². The largest absolute Gasteiger partial charge is 0.409 e. The molecule has 0 atom stereocenters. The predicted octanol–water partition coefficient (Wildman–Crippen LogP) is 1.45. The van der Waals surface area contributed by atoms with E-state index in [1.807, 2.05) is 0 Å². The fourth-order valence-corrected chi connectivity index (χ4v) is 1.34. The molecule has 0 aliphatic carbocycles. The number of halogens is 2. The van der Waals surface area contributed by atoms with Crippen molar-refractivity contribution in [2.45, 2.75) is 6.42 Å². The highest BCUT2D eigenvalue weighted by Gasteiger charge is 2.08. The molecule has 7 heteroatoms. The van der Waals surface area contributed by atoms with Crippen LogP contribution in [0.25, 0.3) is 0 Å². The molecule has 0 unspecified atom stereocenters. The molecule has 0 radical (unpaired) electrons. The molecule has 0 fully saturated rings. The van der Waals surface area contributed by atoms with E-state index in [9.17, 15) is 9.18 Å². The maximum Gasteiger partial charge on any atom is 0.251 e. The predicted molar refractivity (Wildman–Crippen MR) is 64.5 cm³/mol. The van der Waals surface area contributed by atoms with Crippen molar-refractivity contribution in [2.24, 2.45) is 10.9 Å². The lowest BCUT2D eigenvalue weighted by atomic mass is 10.2. The second-order valence-corrected chi connectivity index (χ2v) is 4.08. The minimum absolute atomic E-state index is 0.0206. The van der Waals surface area contributed by atoms with Crippen LogP contribution in [0.4, 0.5) is 4.39 Å². The van der Waals surface area contributed by atoms with E-state index in [0.717, 1.165) is 6.07 Å². The van der Waals surface area contributed by atoms with Crippen LogP contribution >= 0.6 is 15.9 Å². The van der Waals surface area contributed by atoms with E-state index in [2.05, 4.69) is 26.4 Å². The van der Waals surface area contributed by atoms with Gasteiger partial charge in [0.1, 0.15) is 11.7 Å². The topological polar surface area (TPSA) is 87.7 Å². The van der Waals surface area contributed by atoms with E-state index in [4.69, 9.17) is 10.9 Å². The highest BCUT2D eigenvalue weighted by molar-refractivity contribution is 9.10. The first kappa shape index (κ1) is 13.4. The normalized spacial score (nSPS) is 11.3. The summed E-state index contributed by atoms with van der Waals surface area (Å²) in [6.07, 6.45) is 0.223. The Balaban J connectivity index is 2.55. The summed E-state index contributed by atoms with van der Waals surface area (Å²) in [6, 6.07) is 4.07. The molecule has 0 aliphatic rings. The number of nitrogens with zero attached hydrogens (tertiary/aromatic N) is 1. The summed E-state index contributed by atoms with van der Waals surface area (Å²) < 4.78 is 13.4. The molecule has 0 saturated carbocycles. The first-order chi connectivity index (χ1) is 8.04. The number of benzene rings is 1. The molecule has 4 N–H and O–H groups in total. The van der Waals surface area contributed by atoms with E-state index in [0.29, 0.717) is 4.47 Å². The monoisotopic (exact) mass is 303 g/mol. The molecule has 1 aromatic carbocycles. The third-order valence-electron chi connectivity index (χ3n) is 1.98. The number of hydrogen-bond donors (Lipinski definition) is 3. The Hall–Kier alpha value is -1.63. The molecule has 5 nitrogen and oxygen atoms in total. The van der Waals surface area contributed by atoms with E-state index in [1.165, 1.54) is 12.1 Å². The van der Waals surface area contributed by atoms with Gasteiger partial charge in [0.05, 0.1) is 4.47 Å². The Kier molecular flexibility index (Phi) is 4.89. The molecule has 1 amide bonds. The second kappa shape index (κ2) is 6.19. The Morgan fingerprint density at radius 1 is 1.59 bits per heavy atom. The first-order valence-electron chi connectivity index (χ1n) is 4.74.